The predicted molar refractivity (Wildman–Crippen MR) is 152 cm³/mol. The lowest BCUT2D eigenvalue weighted by molar-refractivity contribution is -0.149. The monoisotopic (exact) mass is 546 g/mol. The lowest BCUT2D eigenvalue weighted by Crippen LogP contribution is -2.51. The van der Waals surface area contributed by atoms with Crippen LogP contribution >= 0.6 is 11.8 Å². The number of methoxy groups -OCH3 is 1. The number of esters is 1. The summed E-state index contributed by atoms with van der Waals surface area (Å²) in [6, 6.07) is 9.12. The summed E-state index contributed by atoms with van der Waals surface area (Å²) in [6.45, 7) is 6.97. The van der Waals surface area contributed by atoms with E-state index in [1.807, 2.05) is 51.1 Å². The molecule has 1 heterocycles. The number of carbonyl (C=O) groups excluding carboxylic acids is 3. The van der Waals surface area contributed by atoms with Gasteiger partial charge in [0.2, 0.25) is 11.8 Å². The van der Waals surface area contributed by atoms with E-state index in [2.05, 4.69) is 10.2 Å². The highest BCUT2D eigenvalue weighted by atomic mass is 32.2. The summed E-state index contributed by atoms with van der Waals surface area (Å²) < 4.78 is 11.0. The molecule has 8 heteroatoms. The van der Waals surface area contributed by atoms with Crippen molar-refractivity contribution in [3.05, 3.63) is 35.9 Å². The number of likely N-dealkylation sites (tertiary alicyclic amines) is 1. The summed E-state index contributed by atoms with van der Waals surface area (Å²) in [7, 11) is 1.34. The van der Waals surface area contributed by atoms with Crippen LogP contribution in [0.4, 0.5) is 0 Å². The lowest BCUT2D eigenvalue weighted by atomic mass is 9.86. The molecule has 1 aromatic carbocycles. The van der Waals surface area contributed by atoms with E-state index in [0.29, 0.717) is 24.7 Å². The molecule has 0 radical (unpaired) electrons. The van der Waals surface area contributed by atoms with Gasteiger partial charge in [0.05, 0.1) is 13.7 Å². The van der Waals surface area contributed by atoms with E-state index in [4.69, 9.17) is 9.47 Å². The molecule has 1 saturated heterocycles. The number of thioether (sulfide) groups is 1. The molecular weight excluding hydrogens is 500 g/mol. The van der Waals surface area contributed by atoms with Crippen molar-refractivity contribution < 1.29 is 23.9 Å². The first-order chi connectivity index (χ1) is 18.2. The second-order valence-electron chi connectivity index (χ2n) is 11.8. The molecule has 212 valence electrons. The minimum absolute atomic E-state index is 0.182. The zero-order valence-corrected chi connectivity index (χ0v) is 24.4. The van der Waals surface area contributed by atoms with Gasteiger partial charge in [-0.15, -0.1) is 0 Å². The number of ether oxygens (including phenoxy) is 2. The van der Waals surface area contributed by atoms with Crippen LogP contribution in [0.25, 0.3) is 0 Å². The molecule has 1 N–H and O–H groups in total. The number of benzene rings is 1. The number of rotatable bonds is 12. The van der Waals surface area contributed by atoms with Crippen LogP contribution in [0.15, 0.2) is 30.3 Å². The van der Waals surface area contributed by atoms with E-state index < -0.39 is 23.5 Å². The van der Waals surface area contributed by atoms with Crippen molar-refractivity contribution in [3.8, 4) is 0 Å². The first kappa shape index (κ1) is 30.5. The zero-order valence-electron chi connectivity index (χ0n) is 23.6. The Kier molecular flexibility index (Phi) is 12.0. The Morgan fingerprint density at radius 3 is 2.42 bits per heavy atom. The number of nitrogens with one attached hydrogen (secondary N) is 1. The standard InChI is InChI=1S/C30H46N2O5S/c1-30(2,3)27(37-19-23-14-9-6-10-15-23)28(34)31-25(29(35)36-4)21-38-20-24-16-11-17-32(24)26(33)18-22-12-7-5-8-13-22/h6,9-10,14-15,22,24-25,27H,5,7-8,11-13,16-21H2,1-4H3,(H,31,34)/t24-,25-,27-/m0/s1. The normalized spacial score (nSPS) is 20.1. The fourth-order valence-electron chi connectivity index (χ4n) is 5.45. The third kappa shape index (κ3) is 9.30. The second-order valence-corrected chi connectivity index (χ2v) is 12.8. The smallest absolute Gasteiger partial charge is 0.329 e. The van der Waals surface area contributed by atoms with Crippen molar-refractivity contribution in [1.82, 2.24) is 10.2 Å². The highest BCUT2D eigenvalue weighted by Gasteiger charge is 2.36. The molecule has 3 atom stereocenters. The van der Waals surface area contributed by atoms with Crippen LogP contribution in [0.1, 0.15) is 77.7 Å². The Morgan fingerprint density at radius 2 is 1.76 bits per heavy atom. The largest absolute Gasteiger partial charge is 0.467 e. The second kappa shape index (κ2) is 14.9. The molecule has 1 aliphatic carbocycles. The Morgan fingerprint density at radius 1 is 1.05 bits per heavy atom. The van der Waals surface area contributed by atoms with E-state index in [1.165, 1.54) is 39.2 Å². The van der Waals surface area contributed by atoms with E-state index in [-0.39, 0.29) is 17.9 Å². The summed E-state index contributed by atoms with van der Waals surface area (Å²) in [4.78, 5) is 40.9. The van der Waals surface area contributed by atoms with E-state index in [1.54, 1.807) is 11.8 Å². The quantitative estimate of drug-likeness (QED) is 0.373. The van der Waals surface area contributed by atoms with E-state index in [0.717, 1.165) is 30.7 Å². The molecule has 2 aliphatic rings. The fraction of sp³-hybridized carbons (Fsp3) is 0.700. The average molecular weight is 547 g/mol. The van der Waals surface area contributed by atoms with Crippen LogP contribution in [0, 0.1) is 11.3 Å². The predicted octanol–water partition coefficient (Wildman–Crippen LogP) is 4.97. The minimum Gasteiger partial charge on any atom is -0.467 e. The molecule has 0 spiro atoms. The van der Waals surface area contributed by atoms with Gasteiger partial charge in [0.15, 0.2) is 0 Å². The zero-order chi connectivity index (χ0) is 27.5. The van der Waals surface area contributed by atoms with Gasteiger partial charge in [-0.25, -0.2) is 4.79 Å². The fourth-order valence-corrected chi connectivity index (χ4v) is 6.66. The maximum Gasteiger partial charge on any atom is 0.329 e. The highest BCUT2D eigenvalue weighted by molar-refractivity contribution is 7.99. The van der Waals surface area contributed by atoms with Crippen molar-refractivity contribution in [2.75, 3.05) is 25.2 Å². The average Bonchev–Trinajstić information content (AvgIpc) is 3.37. The molecular formula is C30H46N2O5S. The Labute approximate surface area is 232 Å². The summed E-state index contributed by atoms with van der Waals surface area (Å²) in [5.41, 5.74) is 0.518. The molecule has 0 unspecified atom stereocenters. The first-order valence-corrected chi connectivity index (χ1v) is 15.3. The van der Waals surface area contributed by atoms with Crippen molar-refractivity contribution in [2.24, 2.45) is 11.3 Å². The molecule has 2 fully saturated rings. The third-order valence-electron chi connectivity index (χ3n) is 7.57. The van der Waals surface area contributed by atoms with Gasteiger partial charge in [-0.2, -0.15) is 11.8 Å². The number of hydrogen-bond acceptors (Lipinski definition) is 6. The van der Waals surface area contributed by atoms with Gasteiger partial charge in [0, 0.05) is 30.5 Å². The van der Waals surface area contributed by atoms with E-state index in [9.17, 15) is 14.4 Å². The first-order valence-electron chi connectivity index (χ1n) is 14.1. The van der Waals surface area contributed by atoms with Crippen molar-refractivity contribution in [3.63, 3.8) is 0 Å². The molecule has 38 heavy (non-hydrogen) atoms. The van der Waals surface area contributed by atoms with Gasteiger partial charge in [0.1, 0.15) is 12.1 Å². The molecule has 7 nitrogen and oxygen atoms in total. The molecule has 1 aliphatic heterocycles. The summed E-state index contributed by atoms with van der Waals surface area (Å²) in [5.74, 6) is 1.14. The minimum atomic E-state index is -0.782. The van der Waals surface area contributed by atoms with Gasteiger partial charge in [-0.3, -0.25) is 9.59 Å². The van der Waals surface area contributed by atoms with Crippen LogP contribution in [-0.2, 0) is 30.5 Å². The van der Waals surface area contributed by atoms with Crippen molar-refractivity contribution in [2.45, 2.75) is 96.9 Å². The summed E-state index contributed by atoms with van der Waals surface area (Å²) in [6.07, 6.45) is 8.05. The van der Waals surface area contributed by atoms with Crippen LogP contribution in [-0.4, -0.2) is 66.0 Å². The Bertz CT molecular complexity index is 898. The summed E-state index contributed by atoms with van der Waals surface area (Å²) in [5, 5.41) is 2.88. The van der Waals surface area contributed by atoms with Crippen LogP contribution in [0.5, 0.6) is 0 Å². The Balaban J connectivity index is 1.53. The van der Waals surface area contributed by atoms with Gasteiger partial charge in [-0.1, -0.05) is 70.4 Å². The van der Waals surface area contributed by atoms with E-state index >= 15 is 0 Å². The number of amides is 2. The van der Waals surface area contributed by atoms with Gasteiger partial charge >= 0.3 is 5.97 Å². The number of nitrogens with zero attached hydrogens (tertiary/aromatic N) is 1. The van der Waals surface area contributed by atoms with Crippen LogP contribution in [0.2, 0.25) is 0 Å². The maximum absolute atomic E-state index is 13.3. The molecule has 1 saturated carbocycles. The molecule has 3 rings (SSSR count). The molecule has 2 amide bonds. The van der Waals surface area contributed by atoms with Crippen molar-refractivity contribution in [1.29, 1.82) is 0 Å². The van der Waals surface area contributed by atoms with Gasteiger partial charge < -0.3 is 19.7 Å². The topological polar surface area (TPSA) is 84.9 Å². The Hall–Kier alpha value is -2.06. The van der Waals surface area contributed by atoms with Crippen molar-refractivity contribution >= 4 is 29.5 Å². The number of hydrogen-bond donors (Lipinski definition) is 1. The van der Waals surface area contributed by atoms with Gasteiger partial charge in [0.25, 0.3) is 0 Å². The molecule has 0 bridgehead atoms. The van der Waals surface area contributed by atoms with Crippen LogP contribution in [0.3, 0.4) is 0 Å². The molecule has 1 aromatic rings. The summed E-state index contributed by atoms with van der Waals surface area (Å²) >= 11 is 1.59. The lowest BCUT2D eigenvalue weighted by Gasteiger charge is -2.31. The third-order valence-corrected chi connectivity index (χ3v) is 8.76. The SMILES string of the molecule is COC(=O)[C@H](CSC[C@@H]1CCCN1C(=O)CC1CCCCC1)NC(=O)[C@H](OCc1ccccc1)C(C)(C)C. The van der Waals surface area contributed by atoms with Crippen LogP contribution < -0.4 is 5.32 Å². The maximum atomic E-state index is 13.3. The highest BCUT2D eigenvalue weighted by Crippen LogP contribution is 2.29. The van der Waals surface area contributed by atoms with Gasteiger partial charge in [-0.05, 0) is 42.6 Å². The number of carbonyl (C=O) groups is 3. The molecule has 0 aromatic heterocycles.